The number of hydrogen-bond acceptors (Lipinski definition) is 2. The molecule has 0 aliphatic carbocycles. The molecule has 0 bridgehead atoms. The summed E-state index contributed by atoms with van der Waals surface area (Å²) in [5.74, 6) is -0.127. The van der Waals surface area contributed by atoms with Crippen LogP contribution in [-0.2, 0) is 17.9 Å². The number of rotatable bonds is 5. The topological polar surface area (TPSA) is 32.3 Å². The Bertz CT molecular complexity index is 339. The maximum atomic E-state index is 10.9. The van der Waals surface area contributed by atoms with Gasteiger partial charge in [-0.3, -0.25) is 4.79 Å². The van der Waals surface area contributed by atoms with E-state index >= 15 is 0 Å². The molecule has 0 spiro atoms. The van der Waals surface area contributed by atoms with Gasteiger partial charge in [0.15, 0.2) is 0 Å². The second kappa shape index (κ2) is 8.34. The molecule has 0 aromatic heterocycles. The number of carbonyl (C=O) groups is 1. The summed E-state index contributed by atoms with van der Waals surface area (Å²) in [7, 11) is 4.07. The highest BCUT2D eigenvalue weighted by Gasteiger charge is 1.99. The Balaban J connectivity index is 0.00000256. The minimum absolute atomic E-state index is 0. The fourth-order valence-electron chi connectivity index (χ4n) is 1.38. The first-order valence-corrected chi connectivity index (χ1v) is 5.70. The number of carbonyl (C=O) groups excluding carboxylic acids is 1. The maximum absolute atomic E-state index is 10.9. The lowest BCUT2D eigenvalue weighted by atomic mass is 10.1. The van der Waals surface area contributed by atoms with E-state index in [0.29, 0.717) is 6.54 Å². The first-order valence-electron chi connectivity index (χ1n) is 5.17. The van der Waals surface area contributed by atoms with Gasteiger partial charge in [-0.1, -0.05) is 24.3 Å². The zero-order valence-corrected chi connectivity index (χ0v) is 11.6. The average molecular weight is 276 g/mol. The third-order valence-corrected chi connectivity index (χ3v) is 2.38. The Hall–Kier alpha value is -0.770. The molecule has 3 nitrogen and oxygen atoms in total. The Morgan fingerprint density at radius 1 is 1.24 bits per heavy atom. The standard InChI is InChI=1S/C12H17ClN2O.ClH/c1-15(2)9-11-5-3-10(4-6-11)8-14-12(16)7-13;/h3-6H,7-9H2,1-2H3,(H,14,16);1H/p-1. The molecule has 1 amide bonds. The van der Waals surface area contributed by atoms with E-state index in [4.69, 9.17) is 11.6 Å². The van der Waals surface area contributed by atoms with Crippen LogP contribution in [0.15, 0.2) is 24.3 Å². The molecule has 1 aromatic rings. The number of benzene rings is 1. The van der Waals surface area contributed by atoms with Crippen LogP contribution >= 0.6 is 11.6 Å². The first-order chi connectivity index (χ1) is 7.61. The van der Waals surface area contributed by atoms with Gasteiger partial charge >= 0.3 is 0 Å². The fraction of sp³-hybridized carbons (Fsp3) is 0.417. The van der Waals surface area contributed by atoms with E-state index in [1.54, 1.807) is 0 Å². The molecule has 0 saturated heterocycles. The van der Waals surface area contributed by atoms with Crippen molar-refractivity contribution in [1.82, 2.24) is 10.2 Å². The summed E-state index contributed by atoms with van der Waals surface area (Å²) in [6, 6.07) is 8.19. The third kappa shape index (κ3) is 6.51. The van der Waals surface area contributed by atoms with Gasteiger partial charge in [0.25, 0.3) is 0 Å². The van der Waals surface area contributed by atoms with Crippen molar-refractivity contribution in [3.8, 4) is 0 Å². The Morgan fingerprint density at radius 2 is 1.76 bits per heavy atom. The van der Waals surface area contributed by atoms with Crippen molar-refractivity contribution >= 4 is 17.5 Å². The van der Waals surface area contributed by atoms with E-state index in [-0.39, 0.29) is 24.2 Å². The molecular weight excluding hydrogens is 259 g/mol. The van der Waals surface area contributed by atoms with E-state index < -0.39 is 0 Å². The third-order valence-electron chi connectivity index (χ3n) is 2.13. The van der Waals surface area contributed by atoms with Crippen LogP contribution in [-0.4, -0.2) is 30.8 Å². The largest absolute Gasteiger partial charge is 1.00 e. The predicted octanol–water partition coefficient (Wildman–Crippen LogP) is -1.39. The van der Waals surface area contributed by atoms with Crippen LogP contribution in [0.4, 0.5) is 0 Å². The van der Waals surface area contributed by atoms with Crippen molar-refractivity contribution in [3.05, 3.63) is 35.4 Å². The highest BCUT2D eigenvalue weighted by molar-refractivity contribution is 6.27. The van der Waals surface area contributed by atoms with E-state index in [2.05, 4.69) is 22.3 Å². The smallest absolute Gasteiger partial charge is 0.235 e. The number of hydrogen-bond donors (Lipinski definition) is 1. The SMILES string of the molecule is CN(C)Cc1ccc(CNC(=O)CCl)cc1.[Cl-]. The summed E-state index contributed by atoms with van der Waals surface area (Å²) in [5.41, 5.74) is 2.35. The number of alkyl halides is 1. The molecule has 0 heterocycles. The first kappa shape index (κ1) is 16.2. The summed E-state index contributed by atoms with van der Waals surface area (Å²) in [4.78, 5) is 13.1. The molecule has 0 unspecified atom stereocenters. The Kier molecular flexibility index (Phi) is 7.96. The average Bonchev–Trinajstić information content (AvgIpc) is 2.27. The number of halogens is 2. The second-order valence-corrected chi connectivity index (χ2v) is 4.23. The molecular formula is C12H17Cl2N2O-. The summed E-state index contributed by atoms with van der Waals surface area (Å²) in [6.07, 6.45) is 0. The molecule has 0 aliphatic heterocycles. The predicted molar refractivity (Wildman–Crippen MR) is 66.4 cm³/mol. The zero-order chi connectivity index (χ0) is 12.0. The highest BCUT2D eigenvalue weighted by Crippen LogP contribution is 2.05. The van der Waals surface area contributed by atoms with Crippen molar-refractivity contribution in [2.75, 3.05) is 20.0 Å². The van der Waals surface area contributed by atoms with E-state index in [9.17, 15) is 4.79 Å². The van der Waals surface area contributed by atoms with Gasteiger partial charge in [-0.05, 0) is 25.2 Å². The molecule has 17 heavy (non-hydrogen) atoms. The van der Waals surface area contributed by atoms with Crippen LogP contribution in [0.25, 0.3) is 0 Å². The van der Waals surface area contributed by atoms with Crippen molar-refractivity contribution in [3.63, 3.8) is 0 Å². The number of nitrogens with zero attached hydrogens (tertiary/aromatic N) is 1. The van der Waals surface area contributed by atoms with Crippen LogP contribution in [0.2, 0.25) is 0 Å². The van der Waals surface area contributed by atoms with Gasteiger partial charge in [0, 0.05) is 13.1 Å². The minimum atomic E-state index is -0.140. The van der Waals surface area contributed by atoms with E-state index in [1.165, 1.54) is 5.56 Å². The van der Waals surface area contributed by atoms with Crippen LogP contribution in [0, 0.1) is 0 Å². The van der Waals surface area contributed by atoms with Gasteiger partial charge in [-0.25, -0.2) is 0 Å². The molecule has 0 radical (unpaired) electrons. The summed E-state index contributed by atoms with van der Waals surface area (Å²) in [6.45, 7) is 1.46. The normalized spacial score (nSPS) is 9.88. The van der Waals surface area contributed by atoms with Crippen molar-refractivity contribution in [1.29, 1.82) is 0 Å². The van der Waals surface area contributed by atoms with Crippen LogP contribution < -0.4 is 17.7 Å². The number of nitrogens with one attached hydrogen (secondary N) is 1. The molecule has 5 heteroatoms. The second-order valence-electron chi connectivity index (χ2n) is 3.96. The lowest BCUT2D eigenvalue weighted by molar-refractivity contribution is -0.118. The quantitative estimate of drug-likeness (QED) is 0.671. The molecule has 1 N–H and O–H groups in total. The lowest BCUT2D eigenvalue weighted by Gasteiger charge is -2.10. The van der Waals surface area contributed by atoms with Gasteiger partial charge in [0.1, 0.15) is 5.88 Å². The molecule has 96 valence electrons. The minimum Gasteiger partial charge on any atom is -1.00 e. The van der Waals surface area contributed by atoms with Gasteiger partial charge in [0.2, 0.25) is 5.91 Å². The Morgan fingerprint density at radius 3 is 2.24 bits per heavy atom. The summed E-state index contributed by atoms with van der Waals surface area (Å²) < 4.78 is 0. The van der Waals surface area contributed by atoms with E-state index in [0.717, 1.165) is 12.1 Å². The van der Waals surface area contributed by atoms with Crippen LogP contribution in [0.1, 0.15) is 11.1 Å². The van der Waals surface area contributed by atoms with Crippen molar-refractivity contribution in [2.45, 2.75) is 13.1 Å². The van der Waals surface area contributed by atoms with Crippen molar-refractivity contribution in [2.24, 2.45) is 0 Å². The number of amides is 1. The van der Waals surface area contributed by atoms with E-state index in [1.807, 2.05) is 26.2 Å². The van der Waals surface area contributed by atoms with Gasteiger partial charge in [0.05, 0.1) is 0 Å². The monoisotopic (exact) mass is 275 g/mol. The molecule has 0 fully saturated rings. The Labute approximate surface area is 114 Å². The zero-order valence-electron chi connectivity index (χ0n) is 10.0. The van der Waals surface area contributed by atoms with Gasteiger partial charge in [-0.2, -0.15) is 0 Å². The summed E-state index contributed by atoms with van der Waals surface area (Å²) >= 11 is 5.38. The highest BCUT2D eigenvalue weighted by atomic mass is 35.5. The van der Waals surface area contributed by atoms with Gasteiger partial charge in [-0.15, -0.1) is 11.6 Å². The van der Waals surface area contributed by atoms with Crippen LogP contribution in [0.5, 0.6) is 0 Å². The fourth-order valence-corrected chi connectivity index (χ4v) is 1.47. The maximum Gasteiger partial charge on any atom is 0.235 e. The molecule has 1 rings (SSSR count). The molecule has 0 aliphatic rings. The molecule has 0 saturated carbocycles. The molecule has 0 atom stereocenters. The molecule has 1 aromatic carbocycles. The van der Waals surface area contributed by atoms with Crippen molar-refractivity contribution < 1.29 is 17.2 Å². The summed E-state index contributed by atoms with van der Waals surface area (Å²) in [5, 5.41) is 2.73. The van der Waals surface area contributed by atoms with Gasteiger partial charge < -0.3 is 22.6 Å². The lowest BCUT2D eigenvalue weighted by Crippen LogP contribution is -3.00. The van der Waals surface area contributed by atoms with Crippen LogP contribution in [0.3, 0.4) is 0 Å².